The van der Waals surface area contributed by atoms with E-state index in [4.69, 9.17) is 4.74 Å². The molecule has 0 radical (unpaired) electrons. The van der Waals surface area contributed by atoms with Crippen molar-refractivity contribution in [2.24, 2.45) is 4.99 Å². The average Bonchev–Trinajstić information content (AvgIpc) is 2.69. The van der Waals surface area contributed by atoms with Crippen LogP contribution in [0.25, 0.3) is 0 Å². The van der Waals surface area contributed by atoms with E-state index in [0.717, 1.165) is 43.5 Å². The Morgan fingerprint density at radius 3 is 2.52 bits per heavy atom. The van der Waals surface area contributed by atoms with Crippen LogP contribution in [0.1, 0.15) is 5.56 Å². The van der Waals surface area contributed by atoms with E-state index >= 15 is 0 Å². The van der Waals surface area contributed by atoms with Crippen molar-refractivity contribution in [2.45, 2.75) is 6.54 Å². The summed E-state index contributed by atoms with van der Waals surface area (Å²) in [6.45, 7) is 4.13. The van der Waals surface area contributed by atoms with Gasteiger partial charge in [0.25, 0.3) is 0 Å². The van der Waals surface area contributed by atoms with Crippen LogP contribution >= 0.6 is 24.0 Å². The van der Waals surface area contributed by atoms with E-state index in [0.29, 0.717) is 6.54 Å². The highest BCUT2D eigenvalue weighted by molar-refractivity contribution is 14.0. The zero-order valence-corrected chi connectivity index (χ0v) is 18.0. The lowest BCUT2D eigenvalue weighted by Crippen LogP contribution is -2.52. The Hall–Kier alpha value is -2.03. The summed E-state index contributed by atoms with van der Waals surface area (Å²) in [6.07, 6.45) is 0. The van der Waals surface area contributed by atoms with Gasteiger partial charge in [-0.3, -0.25) is 4.99 Å². The number of ether oxygens (including phenoxy) is 1. The summed E-state index contributed by atoms with van der Waals surface area (Å²) in [5.74, 6) is 1.50. The number of piperazine rings is 1. The first-order chi connectivity index (χ1) is 12.7. The summed E-state index contributed by atoms with van der Waals surface area (Å²) in [5.41, 5.74) is 2.08. The third kappa shape index (κ3) is 5.72. The third-order valence-corrected chi connectivity index (χ3v) is 4.55. The molecule has 0 saturated carbocycles. The maximum Gasteiger partial charge on any atom is 0.194 e. The molecule has 0 aliphatic carbocycles. The van der Waals surface area contributed by atoms with Gasteiger partial charge in [-0.1, -0.05) is 18.2 Å². The van der Waals surface area contributed by atoms with Crippen LogP contribution in [-0.2, 0) is 6.54 Å². The number of nitrogens with one attached hydrogen (secondary N) is 1. The highest BCUT2D eigenvalue weighted by Crippen LogP contribution is 2.22. The van der Waals surface area contributed by atoms with Gasteiger partial charge < -0.3 is 19.9 Å². The molecule has 0 bridgehead atoms. The topological polar surface area (TPSA) is 40.1 Å². The number of hydrogen-bond acceptors (Lipinski definition) is 3. The number of hydrogen-bond donors (Lipinski definition) is 1. The number of anilines is 1. The molecule has 1 heterocycles. The van der Waals surface area contributed by atoms with Crippen molar-refractivity contribution < 1.29 is 9.13 Å². The van der Waals surface area contributed by atoms with Crippen molar-refractivity contribution in [1.82, 2.24) is 10.2 Å². The number of methoxy groups -OCH3 is 1. The van der Waals surface area contributed by atoms with Gasteiger partial charge in [-0.2, -0.15) is 0 Å². The summed E-state index contributed by atoms with van der Waals surface area (Å²) in [7, 11) is 3.47. The van der Waals surface area contributed by atoms with Gasteiger partial charge in [0.2, 0.25) is 0 Å². The Bertz CT molecular complexity index is 763. The molecule has 1 aliphatic rings. The normalized spacial score (nSPS) is 14.6. The predicted octanol–water partition coefficient (Wildman–Crippen LogP) is 3.35. The number of nitrogens with zero attached hydrogens (tertiary/aromatic N) is 3. The second kappa shape index (κ2) is 10.3. The standard InChI is InChI=1S/C20H25FN4O.HI/c1-22-20(23-15-16-5-3-6-17(21)13-16)25-11-9-24(10-12-25)18-7-4-8-19(14-18)26-2;/h3-8,13-14H,9-12,15H2,1-2H3,(H,22,23);1H. The molecule has 2 aromatic carbocycles. The Morgan fingerprint density at radius 1 is 1.11 bits per heavy atom. The number of benzene rings is 2. The number of aliphatic imine (C=N–C) groups is 1. The molecular formula is C20H26FIN4O. The van der Waals surface area contributed by atoms with Crippen molar-refractivity contribution in [1.29, 1.82) is 0 Å². The summed E-state index contributed by atoms with van der Waals surface area (Å²) >= 11 is 0. The van der Waals surface area contributed by atoms with E-state index < -0.39 is 0 Å². The first-order valence-electron chi connectivity index (χ1n) is 8.78. The zero-order valence-electron chi connectivity index (χ0n) is 15.7. The van der Waals surface area contributed by atoms with Crippen LogP contribution in [0.15, 0.2) is 53.5 Å². The Balaban J connectivity index is 0.00000261. The van der Waals surface area contributed by atoms with Gasteiger partial charge in [-0.05, 0) is 29.8 Å². The lowest BCUT2D eigenvalue weighted by Gasteiger charge is -2.37. The molecule has 0 atom stereocenters. The summed E-state index contributed by atoms with van der Waals surface area (Å²) < 4.78 is 18.6. The van der Waals surface area contributed by atoms with E-state index in [2.05, 4.69) is 32.2 Å². The maximum atomic E-state index is 13.3. The molecule has 2 aromatic rings. The fourth-order valence-corrected chi connectivity index (χ4v) is 3.14. The Morgan fingerprint density at radius 2 is 1.85 bits per heavy atom. The van der Waals surface area contributed by atoms with Crippen molar-refractivity contribution in [2.75, 3.05) is 45.2 Å². The van der Waals surface area contributed by atoms with Crippen molar-refractivity contribution >= 4 is 35.6 Å². The van der Waals surface area contributed by atoms with E-state index in [-0.39, 0.29) is 29.8 Å². The minimum Gasteiger partial charge on any atom is -0.497 e. The highest BCUT2D eigenvalue weighted by Gasteiger charge is 2.20. The minimum absolute atomic E-state index is 0. The predicted molar refractivity (Wildman–Crippen MR) is 119 cm³/mol. The minimum atomic E-state index is -0.216. The molecule has 0 aromatic heterocycles. The van der Waals surface area contributed by atoms with Gasteiger partial charge in [-0.15, -0.1) is 24.0 Å². The highest BCUT2D eigenvalue weighted by atomic mass is 127. The molecule has 5 nitrogen and oxygen atoms in total. The molecule has 27 heavy (non-hydrogen) atoms. The van der Waals surface area contributed by atoms with Crippen LogP contribution < -0.4 is 15.0 Å². The van der Waals surface area contributed by atoms with Gasteiger partial charge >= 0.3 is 0 Å². The number of rotatable bonds is 4. The summed E-state index contributed by atoms with van der Waals surface area (Å²) in [5, 5.41) is 3.33. The first kappa shape index (κ1) is 21.3. The zero-order chi connectivity index (χ0) is 18.4. The fraction of sp³-hybridized carbons (Fsp3) is 0.350. The average molecular weight is 484 g/mol. The Kier molecular flexibility index (Phi) is 8.15. The van der Waals surface area contributed by atoms with E-state index in [1.54, 1.807) is 26.3 Å². The lowest BCUT2D eigenvalue weighted by atomic mass is 10.2. The lowest BCUT2D eigenvalue weighted by molar-refractivity contribution is 0.372. The molecule has 1 N–H and O–H groups in total. The number of guanidine groups is 1. The molecule has 0 spiro atoms. The van der Waals surface area contributed by atoms with Gasteiger partial charge in [0.05, 0.1) is 7.11 Å². The van der Waals surface area contributed by atoms with E-state index in [9.17, 15) is 4.39 Å². The van der Waals surface area contributed by atoms with Crippen molar-refractivity contribution in [3.8, 4) is 5.75 Å². The largest absolute Gasteiger partial charge is 0.497 e. The van der Waals surface area contributed by atoms with Crippen molar-refractivity contribution in [3.05, 3.63) is 59.9 Å². The maximum absolute atomic E-state index is 13.3. The van der Waals surface area contributed by atoms with E-state index in [1.807, 2.05) is 18.2 Å². The molecule has 7 heteroatoms. The molecule has 3 rings (SSSR count). The molecule has 1 aliphatic heterocycles. The quantitative estimate of drug-likeness (QED) is 0.411. The van der Waals surface area contributed by atoms with Gasteiger partial charge in [0.15, 0.2) is 5.96 Å². The summed E-state index contributed by atoms with van der Waals surface area (Å²) in [4.78, 5) is 8.95. The third-order valence-electron chi connectivity index (χ3n) is 4.55. The van der Waals surface area contributed by atoms with Crippen molar-refractivity contribution in [3.63, 3.8) is 0 Å². The van der Waals surface area contributed by atoms with Gasteiger partial charge in [0.1, 0.15) is 11.6 Å². The molecule has 0 amide bonds. The van der Waals surface area contributed by atoms with Gasteiger partial charge in [-0.25, -0.2) is 4.39 Å². The summed E-state index contributed by atoms with van der Waals surface area (Å²) in [6, 6.07) is 14.8. The van der Waals surface area contributed by atoms with Crippen LogP contribution in [-0.4, -0.2) is 51.2 Å². The molecule has 146 valence electrons. The van der Waals surface area contributed by atoms with Crippen LogP contribution in [0.3, 0.4) is 0 Å². The monoisotopic (exact) mass is 484 g/mol. The second-order valence-electron chi connectivity index (χ2n) is 6.21. The first-order valence-corrected chi connectivity index (χ1v) is 8.78. The van der Waals surface area contributed by atoms with Crippen LogP contribution in [0, 0.1) is 5.82 Å². The second-order valence-corrected chi connectivity index (χ2v) is 6.21. The van der Waals surface area contributed by atoms with Crippen LogP contribution in [0.5, 0.6) is 5.75 Å². The molecule has 1 saturated heterocycles. The number of halogens is 2. The smallest absolute Gasteiger partial charge is 0.194 e. The van der Waals surface area contributed by atoms with Crippen LogP contribution in [0.4, 0.5) is 10.1 Å². The van der Waals surface area contributed by atoms with Gasteiger partial charge in [0, 0.05) is 51.5 Å². The fourth-order valence-electron chi connectivity index (χ4n) is 3.14. The SMILES string of the molecule is CN=C(NCc1cccc(F)c1)N1CCN(c2cccc(OC)c2)CC1.I. The molecular weight excluding hydrogens is 458 g/mol. The van der Waals surface area contributed by atoms with E-state index in [1.165, 1.54) is 11.8 Å². The molecule has 1 fully saturated rings. The molecule has 0 unspecified atom stereocenters. The van der Waals surface area contributed by atoms with Crippen LogP contribution in [0.2, 0.25) is 0 Å². The Labute approximate surface area is 177 Å².